The number of hydrogen-bond acceptors (Lipinski definition) is 8. The van der Waals surface area contributed by atoms with Gasteiger partial charge < -0.3 is 30.1 Å². The number of methoxy groups -OCH3 is 1. The Morgan fingerprint density at radius 3 is 2.81 bits per heavy atom. The van der Waals surface area contributed by atoms with Gasteiger partial charge in [-0.1, -0.05) is 0 Å². The second kappa shape index (κ2) is 9.57. The molecule has 2 fully saturated rings. The van der Waals surface area contributed by atoms with Crippen LogP contribution in [0.1, 0.15) is 12.8 Å². The number of anilines is 1. The number of nitrogens with zero attached hydrogens (tertiary/aromatic N) is 2. The van der Waals surface area contributed by atoms with Gasteiger partial charge in [0.05, 0.1) is 13.3 Å². The molecular formula is C19H33N5O3. The summed E-state index contributed by atoms with van der Waals surface area (Å²) in [5.74, 6) is 1.29. The second-order valence-electron chi connectivity index (χ2n) is 7.24. The fourth-order valence-electron chi connectivity index (χ4n) is 3.52. The van der Waals surface area contributed by atoms with Gasteiger partial charge in [0.1, 0.15) is 19.0 Å². The number of aliphatic hydroxyl groups is 1. The van der Waals surface area contributed by atoms with E-state index in [2.05, 4.69) is 32.8 Å². The molecule has 2 unspecified atom stereocenters. The molecule has 4 N–H and O–H groups in total. The highest BCUT2D eigenvalue weighted by Gasteiger charge is 2.26. The van der Waals surface area contributed by atoms with Crippen molar-refractivity contribution in [2.45, 2.75) is 31.4 Å². The Morgan fingerprint density at radius 2 is 2.15 bits per heavy atom. The molecular weight excluding hydrogens is 346 g/mol. The Morgan fingerprint density at radius 1 is 1.33 bits per heavy atom. The number of β-amino-alcohol motifs (C(OH)–C–C–N with tert-alkyl or cyclic N) is 1. The van der Waals surface area contributed by atoms with Gasteiger partial charge in [-0.25, -0.2) is 0 Å². The standard InChI is InChI=1S/C19H33N5O3/c1-20-18-7-8-21-19(23(18)2)22-14-5-6-16(26-3)17(11-14)27-13-15(25)12-24-9-4-10-24/h5-6,11,15,18-22,25H,4,7-10,12-13H2,1-3H3/t15-,18?,19?/m0/s1. The highest BCUT2D eigenvalue weighted by Crippen LogP contribution is 2.31. The van der Waals surface area contributed by atoms with Gasteiger partial charge in [-0.05, 0) is 52.2 Å². The van der Waals surface area contributed by atoms with E-state index in [0.717, 1.165) is 31.7 Å². The van der Waals surface area contributed by atoms with E-state index in [9.17, 15) is 5.11 Å². The van der Waals surface area contributed by atoms with Crippen LogP contribution in [0.15, 0.2) is 18.2 Å². The molecule has 27 heavy (non-hydrogen) atoms. The predicted octanol–water partition coefficient (Wildman–Crippen LogP) is 0.307. The molecule has 2 heterocycles. The van der Waals surface area contributed by atoms with Crippen LogP contribution in [-0.4, -0.2) is 87.5 Å². The van der Waals surface area contributed by atoms with Crippen molar-refractivity contribution >= 4 is 5.69 Å². The van der Waals surface area contributed by atoms with Crippen LogP contribution in [0.3, 0.4) is 0 Å². The van der Waals surface area contributed by atoms with Crippen LogP contribution < -0.4 is 25.4 Å². The molecule has 0 aromatic heterocycles. The Labute approximate surface area is 161 Å². The van der Waals surface area contributed by atoms with E-state index in [1.165, 1.54) is 6.42 Å². The van der Waals surface area contributed by atoms with Crippen LogP contribution >= 0.6 is 0 Å². The largest absolute Gasteiger partial charge is 0.493 e. The third-order valence-corrected chi connectivity index (χ3v) is 5.30. The second-order valence-corrected chi connectivity index (χ2v) is 7.24. The van der Waals surface area contributed by atoms with Gasteiger partial charge >= 0.3 is 0 Å². The molecule has 0 spiro atoms. The highest BCUT2D eigenvalue weighted by atomic mass is 16.5. The first-order chi connectivity index (χ1) is 13.1. The molecule has 8 heteroatoms. The lowest BCUT2D eigenvalue weighted by Gasteiger charge is -2.40. The van der Waals surface area contributed by atoms with Crippen molar-refractivity contribution < 1.29 is 14.6 Å². The summed E-state index contributed by atoms with van der Waals surface area (Å²) < 4.78 is 11.3. The van der Waals surface area contributed by atoms with Crippen molar-refractivity contribution in [3.63, 3.8) is 0 Å². The minimum atomic E-state index is -0.505. The van der Waals surface area contributed by atoms with E-state index >= 15 is 0 Å². The number of hydrogen-bond donors (Lipinski definition) is 4. The average molecular weight is 380 g/mol. The zero-order valence-electron chi connectivity index (χ0n) is 16.6. The summed E-state index contributed by atoms with van der Waals surface area (Å²) in [6, 6.07) is 5.78. The monoisotopic (exact) mass is 379 g/mol. The maximum atomic E-state index is 10.2. The number of rotatable bonds is 9. The van der Waals surface area contributed by atoms with Gasteiger partial charge in [-0.3, -0.25) is 10.2 Å². The van der Waals surface area contributed by atoms with E-state index < -0.39 is 6.10 Å². The molecule has 3 rings (SSSR count). The van der Waals surface area contributed by atoms with E-state index in [0.29, 0.717) is 24.2 Å². The van der Waals surface area contributed by atoms with Crippen LogP contribution in [-0.2, 0) is 0 Å². The number of nitrogens with one attached hydrogen (secondary N) is 3. The SMILES string of the molecule is CNC1CCNC(Nc2ccc(OC)c(OC[C@@H](O)CN3CCC3)c2)N1C. The van der Waals surface area contributed by atoms with Crippen LogP contribution in [0.5, 0.6) is 11.5 Å². The normalized spacial score (nSPS) is 24.9. The zero-order chi connectivity index (χ0) is 19.2. The Bertz CT molecular complexity index is 599. The Hall–Kier alpha value is -1.58. The van der Waals surface area contributed by atoms with Gasteiger partial charge in [0.25, 0.3) is 0 Å². The average Bonchev–Trinajstić information content (AvgIpc) is 2.65. The van der Waals surface area contributed by atoms with Crippen LogP contribution in [0, 0.1) is 0 Å². The fraction of sp³-hybridized carbons (Fsp3) is 0.684. The van der Waals surface area contributed by atoms with E-state index in [4.69, 9.17) is 9.47 Å². The first kappa shape index (κ1) is 20.2. The summed E-state index contributed by atoms with van der Waals surface area (Å²) in [5, 5.41) is 20.5. The quantitative estimate of drug-likeness (QED) is 0.488. The van der Waals surface area contributed by atoms with Gasteiger partial charge in [-0.2, -0.15) is 0 Å². The first-order valence-corrected chi connectivity index (χ1v) is 9.71. The third kappa shape index (κ3) is 5.24. The van der Waals surface area contributed by atoms with Crippen molar-refractivity contribution in [1.29, 1.82) is 0 Å². The molecule has 0 aliphatic carbocycles. The van der Waals surface area contributed by atoms with Gasteiger partial charge in [0.15, 0.2) is 11.5 Å². The van der Waals surface area contributed by atoms with E-state index in [1.807, 2.05) is 25.2 Å². The van der Waals surface area contributed by atoms with Gasteiger partial charge in [-0.15, -0.1) is 0 Å². The molecule has 3 atom stereocenters. The minimum Gasteiger partial charge on any atom is -0.493 e. The third-order valence-electron chi connectivity index (χ3n) is 5.30. The van der Waals surface area contributed by atoms with E-state index in [1.54, 1.807) is 7.11 Å². The summed E-state index contributed by atoms with van der Waals surface area (Å²) in [6.07, 6.45) is 2.11. The minimum absolute atomic E-state index is 0.0226. The van der Waals surface area contributed by atoms with Crippen LogP contribution in [0.4, 0.5) is 5.69 Å². The summed E-state index contributed by atoms with van der Waals surface area (Å²) in [4.78, 5) is 4.46. The maximum Gasteiger partial charge on any atom is 0.163 e. The summed E-state index contributed by atoms with van der Waals surface area (Å²) >= 11 is 0. The zero-order valence-corrected chi connectivity index (χ0v) is 16.6. The van der Waals surface area contributed by atoms with Crippen molar-refractivity contribution in [2.75, 3.05) is 59.3 Å². The molecule has 152 valence electrons. The predicted molar refractivity (Wildman–Crippen MR) is 106 cm³/mol. The van der Waals surface area contributed by atoms with Gasteiger partial charge in [0, 0.05) is 24.8 Å². The molecule has 0 bridgehead atoms. The molecule has 2 aliphatic heterocycles. The van der Waals surface area contributed by atoms with Crippen molar-refractivity contribution in [3.8, 4) is 11.5 Å². The lowest BCUT2D eigenvalue weighted by molar-refractivity contribution is 0.0460. The molecule has 2 aliphatic rings. The number of benzene rings is 1. The molecule has 8 nitrogen and oxygen atoms in total. The van der Waals surface area contributed by atoms with Crippen molar-refractivity contribution in [3.05, 3.63) is 18.2 Å². The van der Waals surface area contributed by atoms with Crippen molar-refractivity contribution in [2.24, 2.45) is 0 Å². The molecule has 2 saturated heterocycles. The van der Waals surface area contributed by atoms with Crippen LogP contribution in [0.25, 0.3) is 0 Å². The highest BCUT2D eigenvalue weighted by molar-refractivity contribution is 5.55. The molecule has 1 aromatic rings. The fourth-order valence-corrected chi connectivity index (χ4v) is 3.52. The van der Waals surface area contributed by atoms with Crippen molar-refractivity contribution in [1.82, 2.24) is 20.4 Å². The number of aliphatic hydroxyl groups excluding tert-OH is 1. The van der Waals surface area contributed by atoms with E-state index in [-0.39, 0.29) is 12.9 Å². The topological polar surface area (TPSA) is 81.3 Å². The number of likely N-dealkylation sites (tertiary alicyclic amines) is 1. The molecule has 0 radical (unpaired) electrons. The lowest BCUT2D eigenvalue weighted by Crippen LogP contribution is -2.61. The molecule has 1 aromatic carbocycles. The molecule has 0 amide bonds. The number of ether oxygens (including phenoxy) is 2. The lowest BCUT2D eigenvalue weighted by atomic mass is 10.2. The Kier molecular flexibility index (Phi) is 7.14. The Balaban J connectivity index is 1.60. The smallest absolute Gasteiger partial charge is 0.163 e. The van der Waals surface area contributed by atoms with Gasteiger partial charge in [0.2, 0.25) is 0 Å². The molecule has 0 saturated carbocycles. The van der Waals surface area contributed by atoms with Crippen LogP contribution in [0.2, 0.25) is 0 Å². The first-order valence-electron chi connectivity index (χ1n) is 9.71. The maximum absolute atomic E-state index is 10.2. The summed E-state index contributed by atoms with van der Waals surface area (Å²) in [7, 11) is 5.69. The summed E-state index contributed by atoms with van der Waals surface area (Å²) in [5.41, 5.74) is 0.934. The summed E-state index contributed by atoms with van der Waals surface area (Å²) in [6.45, 7) is 3.97.